The van der Waals surface area contributed by atoms with Gasteiger partial charge in [0.25, 0.3) is 0 Å². The lowest BCUT2D eigenvalue weighted by molar-refractivity contribution is 0.0522. The van der Waals surface area contributed by atoms with Gasteiger partial charge in [0.05, 0.1) is 13.2 Å². The molecule has 0 saturated carbocycles. The van der Waals surface area contributed by atoms with Crippen LogP contribution in [0.5, 0.6) is 11.5 Å². The normalized spacial score (nSPS) is 10.2. The Morgan fingerprint density at radius 3 is 2.61 bits per heavy atom. The van der Waals surface area contributed by atoms with E-state index < -0.39 is 5.97 Å². The first-order valence-corrected chi connectivity index (χ1v) is 6.23. The molecule has 1 N–H and O–H groups in total. The largest absolute Gasteiger partial charge is 0.507 e. The summed E-state index contributed by atoms with van der Waals surface area (Å²) in [5.41, 5.74) is 0.861. The number of aryl methyl sites for hydroxylation is 1. The summed E-state index contributed by atoms with van der Waals surface area (Å²) < 4.78 is 10.4. The van der Waals surface area contributed by atoms with E-state index in [-0.39, 0.29) is 17.9 Å². The van der Waals surface area contributed by atoms with Gasteiger partial charge in [-0.15, -0.1) is 0 Å². The third kappa shape index (κ3) is 3.65. The number of rotatable bonds is 6. The van der Waals surface area contributed by atoms with Crippen molar-refractivity contribution < 1.29 is 19.4 Å². The summed E-state index contributed by atoms with van der Waals surface area (Å²) in [7, 11) is 0. The molecule has 0 fully saturated rings. The predicted octanol–water partition coefficient (Wildman–Crippen LogP) is 3.06. The standard InChI is InChI=1S/C14H20O4/c1-4-6-7-18-11-8-10(3)13(12(15)9-11)14(16)17-5-2/h8-9,15H,4-7H2,1-3H3. The molecule has 0 aliphatic carbocycles. The van der Waals surface area contributed by atoms with Crippen LogP contribution in [0.4, 0.5) is 0 Å². The van der Waals surface area contributed by atoms with Gasteiger partial charge in [0.1, 0.15) is 17.1 Å². The summed E-state index contributed by atoms with van der Waals surface area (Å²) in [6.45, 7) is 6.45. The van der Waals surface area contributed by atoms with Crippen molar-refractivity contribution in [2.45, 2.75) is 33.6 Å². The number of unbranched alkanes of at least 4 members (excludes halogenated alkanes) is 1. The van der Waals surface area contributed by atoms with Gasteiger partial charge in [-0.3, -0.25) is 0 Å². The number of hydrogen-bond acceptors (Lipinski definition) is 4. The van der Waals surface area contributed by atoms with Crippen molar-refractivity contribution in [1.29, 1.82) is 0 Å². The summed E-state index contributed by atoms with van der Waals surface area (Å²) in [4.78, 5) is 11.6. The number of ether oxygens (including phenoxy) is 2. The van der Waals surface area contributed by atoms with Gasteiger partial charge >= 0.3 is 5.97 Å². The minimum atomic E-state index is -0.507. The SMILES string of the molecule is CCCCOc1cc(C)c(C(=O)OCC)c(O)c1. The molecule has 0 amide bonds. The molecular weight excluding hydrogens is 232 g/mol. The van der Waals surface area contributed by atoms with Gasteiger partial charge in [0.2, 0.25) is 0 Å². The maximum absolute atomic E-state index is 11.6. The third-order valence-corrected chi connectivity index (χ3v) is 2.53. The number of phenols is 1. The van der Waals surface area contributed by atoms with E-state index in [9.17, 15) is 9.90 Å². The number of hydrogen-bond donors (Lipinski definition) is 1. The van der Waals surface area contributed by atoms with Crippen molar-refractivity contribution in [1.82, 2.24) is 0 Å². The molecule has 0 aliphatic heterocycles. The van der Waals surface area contributed by atoms with E-state index in [1.807, 2.05) is 0 Å². The van der Waals surface area contributed by atoms with Gasteiger partial charge in [-0.05, 0) is 31.9 Å². The van der Waals surface area contributed by atoms with Crippen molar-refractivity contribution >= 4 is 5.97 Å². The number of benzene rings is 1. The molecule has 0 aromatic heterocycles. The lowest BCUT2D eigenvalue weighted by Crippen LogP contribution is -2.07. The van der Waals surface area contributed by atoms with Crippen molar-refractivity contribution in [2.75, 3.05) is 13.2 Å². The zero-order valence-electron chi connectivity index (χ0n) is 11.2. The Bertz CT molecular complexity index is 389. The molecule has 1 aromatic carbocycles. The number of aromatic hydroxyl groups is 1. The van der Waals surface area contributed by atoms with Crippen LogP contribution in [0.3, 0.4) is 0 Å². The van der Waals surface area contributed by atoms with E-state index in [0.29, 0.717) is 17.9 Å². The molecule has 0 saturated heterocycles. The van der Waals surface area contributed by atoms with E-state index in [2.05, 4.69) is 6.92 Å². The molecule has 0 heterocycles. The van der Waals surface area contributed by atoms with Crippen LogP contribution in [-0.4, -0.2) is 24.3 Å². The summed E-state index contributed by atoms with van der Waals surface area (Å²) >= 11 is 0. The maximum atomic E-state index is 11.6. The smallest absolute Gasteiger partial charge is 0.342 e. The zero-order chi connectivity index (χ0) is 13.5. The van der Waals surface area contributed by atoms with Crippen molar-refractivity contribution in [3.05, 3.63) is 23.3 Å². The summed E-state index contributed by atoms with van der Waals surface area (Å²) in [6, 6.07) is 3.19. The van der Waals surface area contributed by atoms with Gasteiger partial charge in [-0.1, -0.05) is 13.3 Å². The molecule has 4 nitrogen and oxygen atoms in total. The third-order valence-electron chi connectivity index (χ3n) is 2.53. The molecule has 0 radical (unpaired) electrons. The second-order valence-corrected chi connectivity index (χ2v) is 4.06. The highest BCUT2D eigenvalue weighted by Crippen LogP contribution is 2.28. The quantitative estimate of drug-likeness (QED) is 0.624. The van der Waals surface area contributed by atoms with Crippen molar-refractivity contribution in [3.63, 3.8) is 0 Å². The summed E-state index contributed by atoms with van der Waals surface area (Å²) in [6.07, 6.45) is 2.01. The van der Waals surface area contributed by atoms with E-state index in [0.717, 1.165) is 12.8 Å². The number of carbonyl (C=O) groups is 1. The molecule has 1 aromatic rings. The molecular formula is C14H20O4. The Morgan fingerprint density at radius 1 is 1.33 bits per heavy atom. The highest BCUT2D eigenvalue weighted by Gasteiger charge is 2.16. The van der Waals surface area contributed by atoms with Crippen LogP contribution in [0.15, 0.2) is 12.1 Å². The fourth-order valence-electron chi connectivity index (χ4n) is 1.62. The molecule has 0 unspecified atom stereocenters. The average molecular weight is 252 g/mol. The molecule has 0 bridgehead atoms. The fraction of sp³-hybridized carbons (Fsp3) is 0.500. The second-order valence-electron chi connectivity index (χ2n) is 4.06. The van der Waals surface area contributed by atoms with Crippen LogP contribution in [0, 0.1) is 6.92 Å². The van der Waals surface area contributed by atoms with Crippen LogP contribution in [-0.2, 0) is 4.74 Å². The molecule has 0 atom stereocenters. The van der Waals surface area contributed by atoms with Gasteiger partial charge in [0, 0.05) is 6.07 Å². The predicted molar refractivity (Wildman–Crippen MR) is 69.2 cm³/mol. The zero-order valence-corrected chi connectivity index (χ0v) is 11.2. The first-order chi connectivity index (χ1) is 8.60. The molecule has 18 heavy (non-hydrogen) atoms. The monoisotopic (exact) mass is 252 g/mol. The molecule has 100 valence electrons. The number of phenolic OH excluding ortho intramolecular Hbond substituents is 1. The molecule has 0 aliphatic rings. The van der Waals surface area contributed by atoms with Crippen LogP contribution in [0.1, 0.15) is 42.6 Å². The second kappa shape index (κ2) is 6.89. The fourth-order valence-corrected chi connectivity index (χ4v) is 1.62. The Balaban J connectivity index is 2.87. The van der Waals surface area contributed by atoms with Crippen LogP contribution < -0.4 is 4.74 Å². The van der Waals surface area contributed by atoms with Gasteiger partial charge in [-0.25, -0.2) is 4.79 Å². The van der Waals surface area contributed by atoms with Gasteiger partial charge in [0.15, 0.2) is 0 Å². The number of esters is 1. The lowest BCUT2D eigenvalue weighted by atomic mass is 10.1. The van der Waals surface area contributed by atoms with E-state index in [1.54, 1.807) is 19.9 Å². The van der Waals surface area contributed by atoms with Crippen molar-refractivity contribution in [2.24, 2.45) is 0 Å². The lowest BCUT2D eigenvalue weighted by Gasteiger charge is -2.11. The van der Waals surface area contributed by atoms with Gasteiger partial charge < -0.3 is 14.6 Å². The Kier molecular flexibility index (Phi) is 5.49. The average Bonchev–Trinajstić information content (AvgIpc) is 2.28. The number of carbonyl (C=O) groups excluding carboxylic acids is 1. The van der Waals surface area contributed by atoms with E-state index >= 15 is 0 Å². The van der Waals surface area contributed by atoms with E-state index in [4.69, 9.17) is 9.47 Å². The minimum Gasteiger partial charge on any atom is -0.507 e. The summed E-state index contributed by atoms with van der Waals surface area (Å²) in [5, 5.41) is 9.84. The molecule has 0 spiro atoms. The first kappa shape index (κ1) is 14.4. The molecule has 1 rings (SSSR count). The molecule has 4 heteroatoms. The Morgan fingerprint density at radius 2 is 2.06 bits per heavy atom. The van der Waals surface area contributed by atoms with Crippen LogP contribution in [0.2, 0.25) is 0 Å². The van der Waals surface area contributed by atoms with Crippen LogP contribution >= 0.6 is 0 Å². The van der Waals surface area contributed by atoms with Crippen LogP contribution in [0.25, 0.3) is 0 Å². The van der Waals surface area contributed by atoms with Crippen molar-refractivity contribution in [3.8, 4) is 11.5 Å². The maximum Gasteiger partial charge on any atom is 0.342 e. The Hall–Kier alpha value is -1.71. The van der Waals surface area contributed by atoms with E-state index in [1.165, 1.54) is 6.07 Å². The Labute approximate surface area is 108 Å². The topological polar surface area (TPSA) is 55.8 Å². The minimum absolute atomic E-state index is 0.0973. The first-order valence-electron chi connectivity index (χ1n) is 6.23. The summed E-state index contributed by atoms with van der Waals surface area (Å²) in [5.74, 6) is -0.0287. The van der Waals surface area contributed by atoms with Gasteiger partial charge in [-0.2, -0.15) is 0 Å². The highest BCUT2D eigenvalue weighted by atomic mass is 16.5. The highest BCUT2D eigenvalue weighted by molar-refractivity contribution is 5.94.